The van der Waals surface area contributed by atoms with Crippen LogP contribution in [0.3, 0.4) is 0 Å². The van der Waals surface area contributed by atoms with E-state index in [1.807, 2.05) is 30.0 Å². The molecule has 1 aromatic heterocycles. The second kappa shape index (κ2) is 9.44. The molecule has 2 aromatic rings. The van der Waals surface area contributed by atoms with Gasteiger partial charge in [-0.3, -0.25) is 24.1 Å². The molecule has 3 aliphatic rings. The fourth-order valence-corrected chi connectivity index (χ4v) is 5.67. The van der Waals surface area contributed by atoms with Gasteiger partial charge < -0.3 is 19.5 Å². The van der Waals surface area contributed by atoms with Crippen LogP contribution in [-0.2, 0) is 9.59 Å². The minimum Gasteiger partial charge on any atom is -0.456 e. The van der Waals surface area contributed by atoms with Gasteiger partial charge in [0, 0.05) is 38.5 Å². The summed E-state index contributed by atoms with van der Waals surface area (Å²) in [6.07, 6.45) is 3.22. The van der Waals surface area contributed by atoms with Gasteiger partial charge in [-0.25, -0.2) is 0 Å². The number of amides is 4. The van der Waals surface area contributed by atoms with E-state index in [0.29, 0.717) is 80.9 Å². The summed E-state index contributed by atoms with van der Waals surface area (Å²) in [6.45, 7) is 5.31. The molecule has 9 heteroatoms. The number of likely N-dealkylation sites (tertiary alicyclic amines) is 1. The molecule has 3 aliphatic heterocycles. The average molecular weight is 493 g/mol. The first-order chi connectivity index (χ1) is 17.3. The average Bonchev–Trinajstić information content (AvgIpc) is 3.44. The van der Waals surface area contributed by atoms with Crippen LogP contribution in [0.15, 0.2) is 40.8 Å². The van der Waals surface area contributed by atoms with Crippen molar-refractivity contribution in [1.82, 2.24) is 15.1 Å². The zero-order valence-electron chi connectivity index (χ0n) is 20.8. The SMILES string of the molecule is Cc1ccc(C(=O)NC2CCN(C(=O)CCCN3C(=O)c4ccccc4N4C(=O)CCC34C)CC2)o1. The number of furan rings is 1. The Hall–Kier alpha value is -3.62. The third-order valence-electron chi connectivity index (χ3n) is 7.66. The smallest absolute Gasteiger partial charge is 0.287 e. The first kappa shape index (κ1) is 24.1. The minimum absolute atomic E-state index is 0.00355. The summed E-state index contributed by atoms with van der Waals surface area (Å²) in [7, 11) is 0. The number of carbonyl (C=O) groups is 4. The van der Waals surface area contributed by atoms with E-state index < -0.39 is 5.66 Å². The van der Waals surface area contributed by atoms with Crippen LogP contribution >= 0.6 is 0 Å². The van der Waals surface area contributed by atoms with Crippen LogP contribution in [0.2, 0.25) is 0 Å². The molecule has 1 N–H and O–H groups in total. The van der Waals surface area contributed by atoms with Crippen LogP contribution in [-0.4, -0.2) is 64.8 Å². The van der Waals surface area contributed by atoms with Crippen LogP contribution in [0.5, 0.6) is 0 Å². The number of piperidine rings is 1. The van der Waals surface area contributed by atoms with Gasteiger partial charge in [-0.05, 0) is 63.8 Å². The van der Waals surface area contributed by atoms with Crippen molar-refractivity contribution in [2.45, 2.75) is 64.1 Å². The highest BCUT2D eigenvalue weighted by atomic mass is 16.3. The fraction of sp³-hybridized carbons (Fsp3) is 0.481. The van der Waals surface area contributed by atoms with Gasteiger partial charge in [0.15, 0.2) is 5.76 Å². The third kappa shape index (κ3) is 4.27. The molecule has 0 radical (unpaired) electrons. The number of rotatable bonds is 6. The molecule has 190 valence electrons. The van der Waals surface area contributed by atoms with Crippen LogP contribution in [0.1, 0.15) is 72.1 Å². The molecule has 4 heterocycles. The summed E-state index contributed by atoms with van der Waals surface area (Å²) >= 11 is 0. The highest BCUT2D eigenvalue weighted by molar-refractivity contribution is 6.10. The Bertz CT molecular complexity index is 1200. The lowest BCUT2D eigenvalue weighted by molar-refractivity contribution is -0.132. The van der Waals surface area contributed by atoms with Crippen molar-refractivity contribution < 1.29 is 23.6 Å². The largest absolute Gasteiger partial charge is 0.456 e. The van der Waals surface area contributed by atoms with Gasteiger partial charge in [0.05, 0.1) is 11.3 Å². The van der Waals surface area contributed by atoms with Crippen molar-refractivity contribution in [2.75, 3.05) is 24.5 Å². The number of carbonyl (C=O) groups excluding carboxylic acids is 4. The van der Waals surface area contributed by atoms with Gasteiger partial charge >= 0.3 is 0 Å². The molecule has 5 rings (SSSR count). The van der Waals surface area contributed by atoms with Crippen LogP contribution in [0, 0.1) is 6.92 Å². The lowest BCUT2D eigenvalue weighted by Gasteiger charge is -2.48. The molecule has 2 fully saturated rings. The van der Waals surface area contributed by atoms with Crippen molar-refractivity contribution in [2.24, 2.45) is 0 Å². The van der Waals surface area contributed by atoms with Crippen molar-refractivity contribution in [1.29, 1.82) is 0 Å². The molecule has 0 spiro atoms. The molecule has 2 saturated heterocycles. The van der Waals surface area contributed by atoms with E-state index in [1.54, 1.807) is 34.9 Å². The van der Waals surface area contributed by atoms with E-state index in [4.69, 9.17) is 4.42 Å². The number of benzene rings is 1. The van der Waals surface area contributed by atoms with Gasteiger partial charge in [0.25, 0.3) is 11.8 Å². The summed E-state index contributed by atoms with van der Waals surface area (Å²) in [5.41, 5.74) is 0.511. The van der Waals surface area contributed by atoms with Gasteiger partial charge in [0.2, 0.25) is 11.8 Å². The van der Waals surface area contributed by atoms with Crippen LogP contribution < -0.4 is 10.2 Å². The number of aryl methyl sites for hydroxylation is 1. The highest BCUT2D eigenvalue weighted by Gasteiger charge is 2.52. The monoisotopic (exact) mass is 492 g/mol. The van der Waals surface area contributed by atoms with Crippen molar-refractivity contribution >= 4 is 29.3 Å². The number of para-hydroxylation sites is 1. The number of anilines is 1. The van der Waals surface area contributed by atoms with Crippen molar-refractivity contribution in [3.8, 4) is 0 Å². The quantitative estimate of drug-likeness (QED) is 0.668. The first-order valence-electron chi connectivity index (χ1n) is 12.7. The van der Waals surface area contributed by atoms with E-state index >= 15 is 0 Å². The zero-order valence-corrected chi connectivity index (χ0v) is 20.8. The summed E-state index contributed by atoms with van der Waals surface area (Å²) in [5, 5.41) is 2.99. The summed E-state index contributed by atoms with van der Waals surface area (Å²) in [4.78, 5) is 56.6. The number of hydrogen-bond acceptors (Lipinski definition) is 5. The molecule has 1 unspecified atom stereocenters. The molecular formula is C27H32N4O5. The predicted molar refractivity (Wildman–Crippen MR) is 132 cm³/mol. The molecule has 9 nitrogen and oxygen atoms in total. The summed E-state index contributed by atoms with van der Waals surface area (Å²) < 4.78 is 5.38. The van der Waals surface area contributed by atoms with Gasteiger partial charge in [-0.1, -0.05) is 12.1 Å². The van der Waals surface area contributed by atoms with Crippen molar-refractivity contribution in [3.63, 3.8) is 0 Å². The number of nitrogens with one attached hydrogen (secondary N) is 1. The Morgan fingerprint density at radius 2 is 1.86 bits per heavy atom. The molecule has 0 bridgehead atoms. The molecule has 1 aromatic carbocycles. The number of fused-ring (bicyclic) bond motifs is 3. The Labute approximate surface area is 210 Å². The second-order valence-corrected chi connectivity index (χ2v) is 10.1. The predicted octanol–water partition coefficient (Wildman–Crippen LogP) is 3.09. The maximum atomic E-state index is 13.3. The maximum Gasteiger partial charge on any atom is 0.287 e. The molecular weight excluding hydrogens is 460 g/mol. The maximum absolute atomic E-state index is 13.3. The Kier molecular flexibility index (Phi) is 6.32. The molecule has 0 aliphatic carbocycles. The number of nitrogens with zero attached hydrogens (tertiary/aromatic N) is 3. The highest BCUT2D eigenvalue weighted by Crippen LogP contribution is 2.44. The van der Waals surface area contributed by atoms with E-state index in [0.717, 1.165) is 0 Å². The second-order valence-electron chi connectivity index (χ2n) is 10.1. The van der Waals surface area contributed by atoms with E-state index in [9.17, 15) is 19.2 Å². The normalized spacial score (nSPS) is 22.0. The Morgan fingerprint density at radius 1 is 1.11 bits per heavy atom. The lowest BCUT2D eigenvalue weighted by atomic mass is 9.97. The lowest BCUT2D eigenvalue weighted by Crippen LogP contribution is -2.62. The molecule has 0 saturated carbocycles. The molecule has 36 heavy (non-hydrogen) atoms. The summed E-state index contributed by atoms with van der Waals surface area (Å²) in [6, 6.07) is 10.7. The standard InChI is InChI=1S/C27H32N4O5/c1-18-9-10-22(36-18)25(34)28-19-12-16-29(17-13-19)23(32)8-5-15-30-26(35)20-6-3-4-7-21(20)31-24(33)11-14-27(30,31)2/h3-4,6-7,9-10,19H,5,8,11-17H2,1-2H3,(H,28,34). The van der Waals surface area contributed by atoms with Crippen LogP contribution in [0.4, 0.5) is 5.69 Å². The molecule has 1 atom stereocenters. The van der Waals surface area contributed by atoms with Gasteiger partial charge in [-0.15, -0.1) is 0 Å². The Balaban J connectivity index is 1.14. The van der Waals surface area contributed by atoms with Gasteiger partial charge in [-0.2, -0.15) is 0 Å². The number of hydrogen-bond donors (Lipinski definition) is 1. The fourth-order valence-electron chi connectivity index (χ4n) is 5.67. The Morgan fingerprint density at radius 3 is 2.58 bits per heavy atom. The minimum atomic E-state index is -0.700. The van der Waals surface area contributed by atoms with Crippen LogP contribution in [0.25, 0.3) is 0 Å². The van der Waals surface area contributed by atoms with E-state index in [2.05, 4.69) is 5.32 Å². The third-order valence-corrected chi connectivity index (χ3v) is 7.66. The van der Waals surface area contributed by atoms with Gasteiger partial charge in [0.1, 0.15) is 11.4 Å². The summed E-state index contributed by atoms with van der Waals surface area (Å²) in [5.74, 6) is 0.754. The molecule has 4 amide bonds. The first-order valence-corrected chi connectivity index (χ1v) is 12.7. The zero-order chi connectivity index (χ0) is 25.4. The van der Waals surface area contributed by atoms with E-state index in [1.165, 1.54) is 0 Å². The topological polar surface area (TPSA) is 103 Å². The van der Waals surface area contributed by atoms with Crippen molar-refractivity contribution in [3.05, 3.63) is 53.5 Å². The van der Waals surface area contributed by atoms with E-state index in [-0.39, 0.29) is 29.7 Å².